The standard InChI is InChI=1S/C27H48N2O2/c1-24-15-13-16-26(25(23-24)27(2,3)4)31-22-12-10-8-6-7-9-11-18-29(19-14-21-30)20-17-28-5/h13,16,21,23,28H,6-12,14-15,17-20,22H2,1-5H3. The van der Waals surface area contributed by atoms with Gasteiger partial charge < -0.3 is 19.7 Å². The van der Waals surface area contributed by atoms with Crippen LogP contribution in [0.2, 0.25) is 0 Å². The number of allylic oxidation sites excluding steroid dienone is 5. The van der Waals surface area contributed by atoms with E-state index in [2.05, 4.69) is 56.1 Å². The Morgan fingerprint density at radius 2 is 1.71 bits per heavy atom. The molecule has 1 aliphatic carbocycles. The van der Waals surface area contributed by atoms with Gasteiger partial charge in [-0.3, -0.25) is 0 Å². The number of nitrogens with one attached hydrogen (secondary N) is 1. The highest BCUT2D eigenvalue weighted by atomic mass is 16.5. The molecule has 0 aromatic carbocycles. The second kappa shape index (κ2) is 16.3. The molecular weight excluding hydrogens is 384 g/mol. The fourth-order valence-corrected chi connectivity index (χ4v) is 3.87. The van der Waals surface area contributed by atoms with Gasteiger partial charge in [0.25, 0.3) is 0 Å². The first kappa shape index (κ1) is 27.6. The summed E-state index contributed by atoms with van der Waals surface area (Å²) in [5.74, 6) is 1.06. The van der Waals surface area contributed by atoms with Crippen molar-refractivity contribution in [2.45, 2.75) is 85.5 Å². The van der Waals surface area contributed by atoms with Crippen LogP contribution in [0.25, 0.3) is 0 Å². The zero-order valence-electron chi connectivity index (χ0n) is 21.0. The summed E-state index contributed by atoms with van der Waals surface area (Å²) < 4.78 is 6.20. The van der Waals surface area contributed by atoms with Gasteiger partial charge in [0, 0.05) is 26.1 Å². The quantitative estimate of drug-likeness (QED) is 0.224. The van der Waals surface area contributed by atoms with E-state index in [1.165, 1.54) is 49.7 Å². The van der Waals surface area contributed by atoms with Gasteiger partial charge in [-0.05, 0) is 56.8 Å². The first-order chi connectivity index (χ1) is 14.9. The molecule has 0 aliphatic heterocycles. The SMILES string of the molecule is CNCCN(CCC=O)CCCCCCCCCOC1=C(C(C)(C)C)C=C(C)CC=C1. The summed E-state index contributed by atoms with van der Waals surface area (Å²) in [5, 5.41) is 3.20. The number of unbranched alkanes of at least 4 members (excludes halogenated alkanes) is 6. The van der Waals surface area contributed by atoms with Crippen molar-refractivity contribution >= 4 is 6.29 Å². The van der Waals surface area contributed by atoms with Gasteiger partial charge in [-0.2, -0.15) is 0 Å². The van der Waals surface area contributed by atoms with Crippen LogP contribution in [-0.4, -0.2) is 51.0 Å². The van der Waals surface area contributed by atoms with Gasteiger partial charge in [0.2, 0.25) is 0 Å². The number of ether oxygens (including phenoxy) is 1. The van der Waals surface area contributed by atoms with Crippen LogP contribution in [0.4, 0.5) is 0 Å². The minimum absolute atomic E-state index is 0.0984. The molecule has 1 rings (SSSR count). The average Bonchev–Trinajstić information content (AvgIpc) is 2.92. The van der Waals surface area contributed by atoms with Gasteiger partial charge in [-0.25, -0.2) is 0 Å². The van der Waals surface area contributed by atoms with E-state index in [0.29, 0.717) is 6.42 Å². The highest BCUT2D eigenvalue weighted by Gasteiger charge is 2.21. The maximum Gasteiger partial charge on any atom is 0.122 e. The van der Waals surface area contributed by atoms with E-state index >= 15 is 0 Å². The van der Waals surface area contributed by atoms with E-state index in [-0.39, 0.29) is 5.41 Å². The summed E-state index contributed by atoms with van der Waals surface area (Å²) in [6.45, 7) is 13.8. The van der Waals surface area contributed by atoms with E-state index in [4.69, 9.17) is 4.74 Å². The van der Waals surface area contributed by atoms with E-state index in [9.17, 15) is 4.79 Å². The molecule has 4 nitrogen and oxygen atoms in total. The molecule has 178 valence electrons. The summed E-state index contributed by atoms with van der Waals surface area (Å²) in [6.07, 6.45) is 18.2. The van der Waals surface area contributed by atoms with Crippen LogP contribution in [0.15, 0.2) is 35.1 Å². The van der Waals surface area contributed by atoms with Crippen LogP contribution < -0.4 is 5.32 Å². The van der Waals surface area contributed by atoms with Crippen molar-refractivity contribution in [3.63, 3.8) is 0 Å². The molecule has 4 heteroatoms. The Morgan fingerprint density at radius 1 is 1.03 bits per heavy atom. The van der Waals surface area contributed by atoms with Gasteiger partial charge in [0.1, 0.15) is 12.0 Å². The third-order valence-corrected chi connectivity index (χ3v) is 5.79. The molecule has 0 fully saturated rings. The molecule has 0 atom stereocenters. The molecule has 0 bridgehead atoms. The molecule has 0 unspecified atom stereocenters. The van der Waals surface area contributed by atoms with Gasteiger partial charge in [-0.1, -0.05) is 70.6 Å². The lowest BCUT2D eigenvalue weighted by Crippen LogP contribution is -2.32. The number of carbonyl (C=O) groups is 1. The summed E-state index contributed by atoms with van der Waals surface area (Å²) >= 11 is 0. The number of nitrogens with zero attached hydrogens (tertiary/aromatic N) is 1. The van der Waals surface area contributed by atoms with Gasteiger partial charge in [0.15, 0.2) is 0 Å². The lowest BCUT2D eigenvalue weighted by atomic mass is 9.84. The Morgan fingerprint density at radius 3 is 2.35 bits per heavy atom. The predicted octanol–water partition coefficient (Wildman–Crippen LogP) is 6.05. The molecule has 31 heavy (non-hydrogen) atoms. The molecule has 0 amide bonds. The van der Waals surface area contributed by atoms with E-state index < -0.39 is 0 Å². The molecule has 0 aromatic rings. The van der Waals surface area contributed by atoms with Crippen molar-refractivity contribution in [1.82, 2.24) is 10.2 Å². The largest absolute Gasteiger partial charge is 0.493 e. The van der Waals surface area contributed by atoms with Crippen LogP contribution in [0.1, 0.15) is 85.5 Å². The first-order valence-corrected chi connectivity index (χ1v) is 12.4. The highest BCUT2D eigenvalue weighted by molar-refractivity contribution is 5.49. The summed E-state index contributed by atoms with van der Waals surface area (Å²) in [6, 6.07) is 0. The second-order valence-corrected chi connectivity index (χ2v) is 9.85. The molecule has 0 aromatic heterocycles. The Hall–Kier alpha value is -1.39. The maximum atomic E-state index is 10.6. The molecule has 0 heterocycles. The van der Waals surface area contributed by atoms with E-state index in [0.717, 1.165) is 57.7 Å². The van der Waals surface area contributed by atoms with Crippen molar-refractivity contribution in [2.75, 3.05) is 39.8 Å². The average molecular weight is 433 g/mol. The number of hydrogen-bond donors (Lipinski definition) is 1. The van der Waals surface area contributed by atoms with E-state index in [1.807, 2.05) is 7.05 Å². The Bertz CT molecular complexity index is 585. The van der Waals surface area contributed by atoms with Crippen molar-refractivity contribution in [2.24, 2.45) is 5.41 Å². The number of rotatable bonds is 17. The van der Waals surface area contributed by atoms with Crippen LogP contribution in [0.3, 0.4) is 0 Å². The molecule has 0 radical (unpaired) electrons. The van der Waals surface area contributed by atoms with Gasteiger partial charge in [-0.15, -0.1) is 0 Å². The zero-order chi connectivity index (χ0) is 23.0. The number of hydrogen-bond acceptors (Lipinski definition) is 4. The minimum atomic E-state index is 0.0984. The Kier molecular flexibility index (Phi) is 14.5. The van der Waals surface area contributed by atoms with Crippen LogP contribution in [-0.2, 0) is 9.53 Å². The predicted molar refractivity (Wildman–Crippen MR) is 133 cm³/mol. The molecule has 1 aliphatic rings. The smallest absolute Gasteiger partial charge is 0.122 e. The lowest BCUT2D eigenvalue weighted by Gasteiger charge is -2.23. The van der Waals surface area contributed by atoms with Crippen molar-refractivity contribution in [3.05, 3.63) is 35.1 Å². The van der Waals surface area contributed by atoms with Gasteiger partial charge in [0.05, 0.1) is 6.61 Å². The topological polar surface area (TPSA) is 41.6 Å². The van der Waals surface area contributed by atoms with Crippen LogP contribution >= 0.6 is 0 Å². The molecule has 0 saturated heterocycles. The summed E-state index contributed by atoms with van der Waals surface area (Å²) in [5.41, 5.74) is 2.81. The summed E-state index contributed by atoms with van der Waals surface area (Å²) in [4.78, 5) is 13.0. The Labute approximate surface area is 192 Å². The number of aldehydes is 1. The fourth-order valence-electron chi connectivity index (χ4n) is 3.87. The zero-order valence-corrected chi connectivity index (χ0v) is 21.0. The number of carbonyl (C=O) groups excluding carboxylic acids is 1. The van der Waals surface area contributed by atoms with Crippen molar-refractivity contribution in [3.8, 4) is 0 Å². The lowest BCUT2D eigenvalue weighted by molar-refractivity contribution is -0.108. The Balaban J connectivity index is 2.17. The molecule has 1 N–H and O–H groups in total. The third kappa shape index (κ3) is 12.9. The third-order valence-electron chi connectivity index (χ3n) is 5.79. The van der Waals surface area contributed by atoms with Gasteiger partial charge >= 0.3 is 0 Å². The maximum absolute atomic E-state index is 10.6. The van der Waals surface area contributed by atoms with E-state index in [1.54, 1.807) is 0 Å². The second-order valence-electron chi connectivity index (χ2n) is 9.85. The monoisotopic (exact) mass is 432 g/mol. The molecular formula is C27H48N2O2. The fraction of sp³-hybridized carbons (Fsp3) is 0.741. The number of likely N-dealkylation sites (N-methyl/N-ethyl adjacent to an activating group) is 1. The highest BCUT2D eigenvalue weighted by Crippen LogP contribution is 2.33. The minimum Gasteiger partial charge on any atom is -0.493 e. The first-order valence-electron chi connectivity index (χ1n) is 12.4. The van der Waals surface area contributed by atoms with Crippen molar-refractivity contribution < 1.29 is 9.53 Å². The van der Waals surface area contributed by atoms with Crippen LogP contribution in [0, 0.1) is 5.41 Å². The van der Waals surface area contributed by atoms with Crippen LogP contribution in [0.5, 0.6) is 0 Å². The molecule has 0 saturated carbocycles. The molecule has 0 spiro atoms. The normalized spacial score (nSPS) is 14.7. The van der Waals surface area contributed by atoms with Crippen molar-refractivity contribution in [1.29, 1.82) is 0 Å². The summed E-state index contributed by atoms with van der Waals surface area (Å²) in [7, 11) is 1.98.